The van der Waals surface area contributed by atoms with Gasteiger partial charge in [0.25, 0.3) is 0 Å². The zero-order valence-corrected chi connectivity index (χ0v) is 13.4. The predicted molar refractivity (Wildman–Crippen MR) is 86.3 cm³/mol. The molecule has 0 saturated heterocycles. The SMILES string of the molecule is CCc1ccc(CC(NN)c2ccc(C)c(Br)c2)nc1. The van der Waals surface area contributed by atoms with Crippen LogP contribution in [0.2, 0.25) is 0 Å². The lowest BCUT2D eigenvalue weighted by Gasteiger charge is -2.17. The Balaban J connectivity index is 2.16. The van der Waals surface area contributed by atoms with Gasteiger partial charge in [0, 0.05) is 22.8 Å². The van der Waals surface area contributed by atoms with E-state index >= 15 is 0 Å². The highest BCUT2D eigenvalue weighted by Gasteiger charge is 2.12. The third-order valence-corrected chi connectivity index (χ3v) is 4.36. The first-order valence-corrected chi connectivity index (χ1v) is 7.59. The zero-order chi connectivity index (χ0) is 14.5. The van der Waals surface area contributed by atoms with E-state index in [1.807, 2.05) is 6.20 Å². The summed E-state index contributed by atoms with van der Waals surface area (Å²) in [6.45, 7) is 4.20. The van der Waals surface area contributed by atoms with E-state index in [4.69, 9.17) is 5.84 Å². The van der Waals surface area contributed by atoms with Crippen LogP contribution in [-0.2, 0) is 12.8 Å². The smallest absolute Gasteiger partial charge is 0.0515 e. The van der Waals surface area contributed by atoms with Crippen LogP contribution in [0.25, 0.3) is 0 Å². The summed E-state index contributed by atoms with van der Waals surface area (Å²) in [5.74, 6) is 5.70. The molecule has 0 aliphatic rings. The summed E-state index contributed by atoms with van der Waals surface area (Å²) in [6, 6.07) is 10.6. The molecule has 1 unspecified atom stereocenters. The van der Waals surface area contributed by atoms with Gasteiger partial charge < -0.3 is 0 Å². The molecule has 3 nitrogen and oxygen atoms in total. The normalized spacial score (nSPS) is 12.4. The van der Waals surface area contributed by atoms with Crippen molar-refractivity contribution in [3.63, 3.8) is 0 Å². The molecule has 0 saturated carbocycles. The molecule has 1 atom stereocenters. The first-order valence-electron chi connectivity index (χ1n) is 6.80. The minimum absolute atomic E-state index is 0.0619. The maximum atomic E-state index is 5.70. The summed E-state index contributed by atoms with van der Waals surface area (Å²) >= 11 is 3.56. The van der Waals surface area contributed by atoms with Gasteiger partial charge >= 0.3 is 0 Å². The van der Waals surface area contributed by atoms with Crippen LogP contribution in [0.3, 0.4) is 0 Å². The molecule has 2 aromatic rings. The molecule has 20 heavy (non-hydrogen) atoms. The molecule has 0 aliphatic heterocycles. The van der Waals surface area contributed by atoms with Crippen LogP contribution in [0, 0.1) is 6.92 Å². The number of halogens is 1. The van der Waals surface area contributed by atoms with Gasteiger partial charge in [0.15, 0.2) is 0 Å². The predicted octanol–water partition coefficient (Wildman–Crippen LogP) is 3.46. The first-order chi connectivity index (χ1) is 9.63. The number of pyridine rings is 1. The Morgan fingerprint density at radius 3 is 2.65 bits per heavy atom. The second kappa shape index (κ2) is 6.97. The largest absolute Gasteiger partial charge is 0.271 e. The highest BCUT2D eigenvalue weighted by Crippen LogP contribution is 2.23. The Hall–Kier alpha value is -1.23. The van der Waals surface area contributed by atoms with E-state index in [0.29, 0.717) is 0 Å². The number of nitrogens with two attached hydrogens (primary N) is 1. The Labute approximate surface area is 128 Å². The summed E-state index contributed by atoms with van der Waals surface area (Å²) in [6.07, 6.45) is 3.72. The van der Waals surface area contributed by atoms with Gasteiger partial charge in [0.1, 0.15) is 0 Å². The summed E-state index contributed by atoms with van der Waals surface area (Å²) in [7, 11) is 0. The highest BCUT2D eigenvalue weighted by atomic mass is 79.9. The number of rotatable bonds is 5. The molecule has 1 aromatic carbocycles. The van der Waals surface area contributed by atoms with Crippen LogP contribution in [0.15, 0.2) is 41.0 Å². The lowest BCUT2D eigenvalue weighted by atomic mass is 10.0. The second-order valence-corrected chi connectivity index (χ2v) is 5.80. The number of nitrogens with zero attached hydrogens (tertiary/aromatic N) is 1. The molecule has 0 spiro atoms. The van der Waals surface area contributed by atoms with Crippen molar-refractivity contribution >= 4 is 15.9 Å². The molecule has 0 aliphatic carbocycles. The van der Waals surface area contributed by atoms with E-state index in [1.165, 1.54) is 11.1 Å². The topological polar surface area (TPSA) is 50.9 Å². The Bertz CT molecular complexity index is 566. The number of hydrazine groups is 1. The van der Waals surface area contributed by atoms with Crippen LogP contribution in [-0.4, -0.2) is 4.98 Å². The second-order valence-electron chi connectivity index (χ2n) is 4.94. The van der Waals surface area contributed by atoms with E-state index in [2.05, 4.69) is 70.5 Å². The molecule has 106 valence electrons. The zero-order valence-electron chi connectivity index (χ0n) is 11.9. The van der Waals surface area contributed by atoms with Gasteiger partial charge in [-0.1, -0.05) is 41.1 Å². The monoisotopic (exact) mass is 333 g/mol. The number of aromatic nitrogens is 1. The summed E-state index contributed by atoms with van der Waals surface area (Å²) < 4.78 is 1.10. The third-order valence-electron chi connectivity index (χ3n) is 3.51. The van der Waals surface area contributed by atoms with Gasteiger partial charge in [-0.2, -0.15) is 0 Å². The molecular weight excluding hydrogens is 314 g/mol. The maximum absolute atomic E-state index is 5.70. The minimum atomic E-state index is 0.0619. The van der Waals surface area contributed by atoms with Gasteiger partial charge in [0.05, 0.1) is 6.04 Å². The number of nitrogens with one attached hydrogen (secondary N) is 1. The Morgan fingerprint density at radius 2 is 2.10 bits per heavy atom. The van der Waals surface area contributed by atoms with Gasteiger partial charge in [0.2, 0.25) is 0 Å². The highest BCUT2D eigenvalue weighted by molar-refractivity contribution is 9.10. The summed E-state index contributed by atoms with van der Waals surface area (Å²) in [4.78, 5) is 4.50. The quantitative estimate of drug-likeness (QED) is 0.650. The fourth-order valence-electron chi connectivity index (χ4n) is 2.09. The lowest BCUT2D eigenvalue weighted by molar-refractivity contribution is 0.545. The van der Waals surface area contributed by atoms with E-state index in [0.717, 1.165) is 28.6 Å². The molecular formula is C16H20BrN3. The van der Waals surface area contributed by atoms with Gasteiger partial charge in [-0.3, -0.25) is 16.3 Å². The minimum Gasteiger partial charge on any atom is -0.271 e. The van der Waals surface area contributed by atoms with Crippen molar-refractivity contribution in [2.75, 3.05) is 0 Å². The van der Waals surface area contributed by atoms with E-state index in [1.54, 1.807) is 0 Å². The average Bonchev–Trinajstić information content (AvgIpc) is 2.48. The van der Waals surface area contributed by atoms with Crippen LogP contribution >= 0.6 is 15.9 Å². The fraction of sp³-hybridized carbons (Fsp3) is 0.312. The van der Waals surface area contributed by atoms with E-state index in [9.17, 15) is 0 Å². The van der Waals surface area contributed by atoms with Crippen molar-refractivity contribution in [3.8, 4) is 0 Å². The number of benzene rings is 1. The lowest BCUT2D eigenvalue weighted by Crippen LogP contribution is -2.29. The van der Waals surface area contributed by atoms with Gasteiger partial charge in [-0.05, 0) is 42.2 Å². The van der Waals surface area contributed by atoms with E-state index < -0.39 is 0 Å². The van der Waals surface area contributed by atoms with Crippen LogP contribution in [0.5, 0.6) is 0 Å². The molecule has 3 N–H and O–H groups in total. The van der Waals surface area contributed by atoms with Crippen molar-refractivity contribution in [3.05, 3.63) is 63.4 Å². The molecule has 0 bridgehead atoms. The van der Waals surface area contributed by atoms with Crippen molar-refractivity contribution in [2.45, 2.75) is 32.7 Å². The molecule has 0 radical (unpaired) electrons. The Kier molecular flexibility index (Phi) is 5.29. The molecule has 4 heteroatoms. The maximum Gasteiger partial charge on any atom is 0.0515 e. The Morgan fingerprint density at radius 1 is 1.30 bits per heavy atom. The number of hydrogen-bond donors (Lipinski definition) is 2. The molecule has 0 amide bonds. The summed E-state index contributed by atoms with van der Waals surface area (Å²) in [5, 5.41) is 0. The van der Waals surface area contributed by atoms with Gasteiger partial charge in [-0.15, -0.1) is 0 Å². The standard InChI is InChI=1S/C16H20BrN3/c1-3-12-5-7-14(19-10-12)9-16(20-18)13-6-4-11(2)15(17)8-13/h4-8,10,16,20H,3,9,18H2,1-2H3. The summed E-state index contributed by atoms with van der Waals surface area (Å²) in [5.41, 5.74) is 7.55. The van der Waals surface area contributed by atoms with E-state index in [-0.39, 0.29) is 6.04 Å². The third kappa shape index (κ3) is 3.66. The van der Waals surface area contributed by atoms with Crippen molar-refractivity contribution in [2.24, 2.45) is 5.84 Å². The van der Waals surface area contributed by atoms with Crippen LogP contribution in [0.1, 0.15) is 35.3 Å². The molecule has 1 aromatic heterocycles. The molecule has 1 heterocycles. The number of aryl methyl sites for hydroxylation is 2. The fourth-order valence-corrected chi connectivity index (χ4v) is 2.49. The molecule has 2 rings (SSSR count). The number of hydrogen-bond acceptors (Lipinski definition) is 3. The van der Waals surface area contributed by atoms with Crippen molar-refractivity contribution in [1.29, 1.82) is 0 Å². The first kappa shape index (κ1) is 15.2. The van der Waals surface area contributed by atoms with Crippen molar-refractivity contribution < 1.29 is 0 Å². The van der Waals surface area contributed by atoms with Crippen LogP contribution < -0.4 is 11.3 Å². The van der Waals surface area contributed by atoms with Crippen molar-refractivity contribution in [1.82, 2.24) is 10.4 Å². The van der Waals surface area contributed by atoms with Crippen LogP contribution in [0.4, 0.5) is 0 Å². The molecule has 0 fully saturated rings. The van der Waals surface area contributed by atoms with Gasteiger partial charge in [-0.25, -0.2) is 0 Å². The average molecular weight is 334 g/mol.